The number of rotatable bonds is 3. The van der Waals surface area contributed by atoms with Gasteiger partial charge in [-0.05, 0) is 62.2 Å². The molecule has 2 heterocycles. The van der Waals surface area contributed by atoms with Gasteiger partial charge in [0.15, 0.2) is 4.67 Å². The van der Waals surface area contributed by atoms with Crippen molar-refractivity contribution in [2.75, 3.05) is 0 Å². The van der Waals surface area contributed by atoms with Crippen LogP contribution in [0.1, 0.15) is 16.9 Å². The number of furan rings is 1. The first-order valence-electron chi connectivity index (χ1n) is 6.70. The highest BCUT2D eigenvalue weighted by Gasteiger charge is 2.35. The van der Waals surface area contributed by atoms with Crippen LogP contribution in [0.25, 0.3) is 6.08 Å². The van der Waals surface area contributed by atoms with Gasteiger partial charge in [-0.15, -0.1) is 0 Å². The van der Waals surface area contributed by atoms with Gasteiger partial charge in [0.2, 0.25) is 0 Å². The first-order valence-corrected chi connectivity index (χ1v) is 9.10. The third-order valence-electron chi connectivity index (χ3n) is 3.27. The number of nitrogens with zero attached hydrogens (tertiary/aromatic N) is 1. The minimum absolute atomic E-state index is 0.272. The van der Waals surface area contributed by atoms with Crippen LogP contribution in [-0.4, -0.2) is 16.0 Å². The minimum atomic E-state index is -0.302. The third-order valence-corrected chi connectivity index (χ3v) is 5.89. The molecule has 0 atom stereocenters. The van der Waals surface area contributed by atoms with Crippen LogP contribution in [0.2, 0.25) is 0 Å². The van der Waals surface area contributed by atoms with Gasteiger partial charge in [0.05, 0.1) is 15.9 Å². The van der Waals surface area contributed by atoms with Gasteiger partial charge in [0, 0.05) is 6.08 Å². The van der Waals surface area contributed by atoms with E-state index in [-0.39, 0.29) is 17.7 Å². The van der Waals surface area contributed by atoms with Crippen molar-refractivity contribution in [1.82, 2.24) is 4.90 Å². The highest BCUT2D eigenvalue weighted by molar-refractivity contribution is 9.13. The number of benzene rings is 1. The van der Waals surface area contributed by atoms with Crippen LogP contribution >= 0.6 is 43.6 Å². The fourth-order valence-electron chi connectivity index (χ4n) is 2.08. The van der Waals surface area contributed by atoms with E-state index in [4.69, 9.17) is 4.42 Å². The number of carbonyl (C=O) groups is 2. The average molecular weight is 457 g/mol. The number of aryl methyl sites for hydroxylation is 1. The molecule has 23 heavy (non-hydrogen) atoms. The van der Waals surface area contributed by atoms with E-state index in [2.05, 4.69) is 31.9 Å². The van der Waals surface area contributed by atoms with Gasteiger partial charge in [-0.2, -0.15) is 0 Å². The smallest absolute Gasteiger partial charge is 0.293 e. The Morgan fingerprint density at radius 3 is 2.52 bits per heavy atom. The average Bonchev–Trinajstić information content (AvgIpc) is 2.95. The van der Waals surface area contributed by atoms with Crippen molar-refractivity contribution >= 4 is 60.8 Å². The molecule has 1 aromatic heterocycles. The molecule has 0 saturated carbocycles. The van der Waals surface area contributed by atoms with Gasteiger partial charge in [0.25, 0.3) is 11.1 Å². The number of carbonyl (C=O) groups excluding carboxylic acids is 2. The molecule has 0 unspecified atom stereocenters. The fraction of sp³-hybridized carbons (Fsp3) is 0.125. The van der Waals surface area contributed by atoms with E-state index in [1.807, 2.05) is 31.2 Å². The first kappa shape index (κ1) is 16.5. The fourth-order valence-corrected chi connectivity index (χ4v) is 3.50. The molecule has 1 aliphatic rings. The summed E-state index contributed by atoms with van der Waals surface area (Å²) in [5.74, 6) is 0.203. The van der Waals surface area contributed by atoms with Gasteiger partial charge in [-0.1, -0.05) is 29.8 Å². The molecule has 4 nitrogen and oxygen atoms in total. The number of halogens is 2. The van der Waals surface area contributed by atoms with Crippen LogP contribution in [0.4, 0.5) is 4.79 Å². The Balaban J connectivity index is 1.80. The Kier molecular flexibility index (Phi) is 4.79. The van der Waals surface area contributed by atoms with Gasteiger partial charge >= 0.3 is 0 Å². The van der Waals surface area contributed by atoms with Crippen molar-refractivity contribution in [2.24, 2.45) is 0 Å². The first-order chi connectivity index (χ1) is 10.9. The lowest BCUT2D eigenvalue weighted by molar-refractivity contribution is -0.123. The molecule has 3 rings (SSSR count). The maximum absolute atomic E-state index is 12.4. The minimum Gasteiger partial charge on any atom is -0.449 e. The number of amides is 2. The van der Waals surface area contributed by atoms with Crippen molar-refractivity contribution < 1.29 is 14.0 Å². The molecule has 1 fully saturated rings. The summed E-state index contributed by atoms with van der Waals surface area (Å²) in [6.45, 7) is 2.26. The lowest BCUT2D eigenvalue weighted by Gasteiger charge is -2.12. The van der Waals surface area contributed by atoms with Crippen LogP contribution in [0, 0.1) is 6.92 Å². The second-order valence-electron chi connectivity index (χ2n) is 5.02. The van der Waals surface area contributed by atoms with Gasteiger partial charge in [0.1, 0.15) is 5.76 Å². The molecule has 0 N–H and O–H groups in total. The lowest BCUT2D eigenvalue weighted by atomic mass is 10.1. The van der Waals surface area contributed by atoms with Crippen molar-refractivity contribution in [2.45, 2.75) is 13.5 Å². The zero-order chi connectivity index (χ0) is 16.6. The van der Waals surface area contributed by atoms with Crippen LogP contribution < -0.4 is 0 Å². The zero-order valence-electron chi connectivity index (χ0n) is 12.0. The summed E-state index contributed by atoms with van der Waals surface area (Å²) >= 11 is 7.48. The van der Waals surface area contributed by atoms with Gasteiger partial charge in [-0.25, -0.2) is 0 Å². The Morgan fingerprint density at radius 1 is 1.22 bits per heavy atom. The SMILES string of the molecule is Cc1ccc(CN2C(=O)S/C(=C\c3cc(Br)c(Br)o3)C2=O)cc1. The summed E-state index contributed by atoms with van der Waals surface area (Å²) in [5, 5.41) is -0.272. The molecule has 0 bridgehead atoms. The molecule has 2 aromatic rings. The molecule has 0 aliphatic carbocycles. The number of thioether (sulfide) groups is 1. The summed E-state index contributed by atoms with van der Waals surface area (Å²) in [7, 11) is 0. The Labute approximate surface area is 154 Å². The maximum atomic E-state index is 12.4. The second-order valence-corrected chi connectivity index (χ2v) is 7.59. The largest absolute Gasteiger partial charge is 0.449 e. The third kappa shape index (κ3) is 3.62. The van der Waals surface area contributed by atoms with E-state index in [0.29, 0.717) is 15.3 Å². The number of hydrogen-bond donors (Lipinski definition) is 0. The Hall–Kier alpha value is -1.31. The molecule has 2 amide bonds. The van der Waals surface area contributed by atoms with Crippen LogP contribution in [0.5, 0.6) is 0 Å². The zero-order valence-corrected chi connectivity index (χ0v) is 16.0. The molecule has 1 saturated heterocycles. The van der Waals surface area contributed by atoms with Crippen molar-refractivity contribution in [3.05, 3.63) is 61.3 Å². The Bertz CT molecular complexity index is 792. The predicted octanol–water partition coefficient (Wildman–Crippen LogP) is 5.35. The summed E-state index contributed by atoms with van der Waals surface area (Å²) < 4.78 is 6.72. The van der Waals surface area contributed by atoms with E-state index >= 15 is 0 Å². The summed E-state index contributed by atoms with van der Waals surface area (Å²) in [6.07, 6.45) is 1.58. The second kappa shape index (κ2) is 6.67. The molecule has 0 radical (unpaired) electrons. The maximum Gasteiger partial charge on any atom is 0.293 e. The van der Waals surface area contributed by atoms with Crippen molar-refractivity contribution in [3.8, 4) is 0 Å². The van der Waals surface area contributed by atoms with E-state index in [1.54, 1.807) is 12.1 Å². The highest BCUT2D eigenvalue weighted by atomic mass is 79.9. The lowest BCUT2D eigenvalue weighted by Crippen LogP contribution is -2.27. The number of hydrogen-bond acceptors (Lipinski definition) is 4. The normalized spacial score (nSPS) is 16.7. The molecule has 1 aliphatic heterocycles. The standard InChI is InChI=1S/C16H11Br2NO3S/c1-9-2-4-10(5-3-9)8-19-15(20)13(23-16(19)21)7-11-6-12(17)14(18)22-11/h2-7H,8H2,1H3/b13-7-. The molecule has 118 valence electrons. The van der Waals surface area contributed by atoms with Crippen LogP contribution in [0.3, 0.4) is 0 Å². The van der Waals surface area contributed by atoms with Crippen LogP contribution in [-0.2, 0) is 11.3 Å². The van der Waals surface area contributed by atoms with E-state index in [0.717, 1.165) is 27.4 Å². The topological polar surface area (TPSA) is 50.5 Å². The molecule has 1 aromatic carbocycles. The quantitative estimate of drug-likeness (QED) is 0.584. The molecular formula is C16H11Br2NO3S. The summed E-state index contributed by atoms with van der Waals surface area (Å²) in [5.41, 5.74) is 2.05. The van der Waals surface area contributed by atoms with Crippen molar-refractivity contribution in [1.29, 1.82) is 0 Å². The summed E-state index contributed by atoms with van der Waals surface area (Å²) in [4.78, 5) is 26.1. The predicted molar refractivity (Wildman–Crippen MR) is 96.8 cm³/mol. The molecule has 7 heteroatoms. The van der Waals surface area contributed by atoms with E-state index < -0.39 is 0 Å². The van der Waals surface area contributed by atoms with E-state index in [1.165, 1.54) is 4.90 Å². The molecular weight excluding hydrogens is 446 g/mol. The monoisotopic (exact) mass is 455 g/mol. The van der Waals surface area contributed by atoms with Crippen molar-refractivity contribution in [3.63, 3.8) is 0 Å². The van der Waals surface area contributed by atoms with E-state index in [9.17, 15) is 9.59 Å². The Morgan fingerprint density at radius 2 is 1.91 bits per heavy atom. The number of imide groups is 1. The molecule has 0 spiro atoms. The summed E-state index contributed by atoms with van der Waals surface area (Å²) in [6, 6.07) is 9.49. The highest BCUT2D eigenvalue weighted by Crippen LogP contribution is 2.35. The van der Waals surface area contributed by atoms with Gasteiger partial charge < -0.3 is 4.42 Å². The van der Waals surface area contributed by atoms with Crippen LogP contribution in [0.15, 0.2) is 48.8 Å². The van der Waals surface area contributed by atoms with Gasteiger partial charge in [-0.3, -0.25) is 14.5 Å².